The van der Waals surface area contributed by atoms with Gasteiger partial charge in [0.1, 0.15) is 0 Å². The minimum Gasteiger partial charge on any atom is -0.371 e. The first kappa shape index (κ1) is 14.2. The number of likely N-dealkylation sites (tertiary alicyclic amines) is 1. The third-order valence-electron chi connectivity index (χ3n) is 4.52. The number of ether oxygens (including phenoxy) is 1. The Balaban J connectivity index is 1.61. The van der Waals surface area contributed by atoms with Crippen molar-refractivity contribution in [1.29, 1.82) is 0 Å². The van der Waals surface area contributed by atoms with E-state index in [1.165, 1.54) is 5.56 Å². The molecule has 1 aliphatic carbocycles. The van der Waals surface area contributed by atoms with E-state index in [0.717, 1.165) is 19.3 Å². The number of carbonyl (C=O) groups is 1. The molecule has 1 saturated heterocycles. The van der Waals surface area contributed by atoms with Gasteiger partial charge in [0.15, 0.2) is 0 Å². The van der Waals surface area contributed by atoms with Gasteiger partial charge in [-0.3, -0.25) is 4.79 Å². The molecule has 3 nitrogen and oxygen atoms in total. The van der Waals surface area contributed by atoms with Gasteiger partial charge in [-0.25, -0.2) is 0 Å². The average molecular weight is 283 g/mol. The second kappa shape index (κ2) is 6.32. The van der Waals surface area contributed by atoms with Crippen LogP contribution in [0.15, 0.2) is 30.3 Å². The smallest absolute Gasteiger partial charge is 0.224 e. The van der Waals surface area contributed by atoms with Crippen molar-refractivity contribution >= 4 is 5.91 Å². The maximum absolute atomic E-state index is 12.1. The maximum Gasteiger partial charge on any atom is 0.224 e. The molecule has 3 rings (SSSR count). The van der Waals surface area contributed by atoms with E-state index in [1.807, 2.05) is 23.1 Å². The van der Waals surface area contributed by atoms with Crippen LogP contribution >= 0.6 is 0 Å². The van der Waals surface area contributed by atoms with Crippen molar-refractivity contribution in [3.05, 3.63) is 35.9 Å². The summed E-state index contributed by atoms with van der Waals surface area (Å²) in [6, 6.07) is 10.4. The van der Waals surface area contributed by atoms with E-state index in [-0.39, 0.29) is 24.0 Å². The number of amides is 1. The van der Waals surface area contributed by atoms with Crippen molar-refractivity contribution in [3.63, 3.8) is 0 Å². The van der Waals surface area contributed by atoms with Crippen LogP contribution in [0.3, 0.4) is 0 Å². The topological polar surface area (TPSA) is 29.5 Å². The van der Waals surface area contributed by atoms with Crippen LogP contribution in [0.5, 0.6) is 0 Å². The highest BCUT2D eigenvalue weighted by atomic mass is 16.5. The predicted octanol–water partition coefficient (Wildman–Crippen LogP) is 2.61. The van der Waals surface area contributed by atoms with Gasteiger partial charge in [0.2, 0.25) is 5.91 Å². The summed E-state index contributed by atoms with van der Waals surface area (Å²) in [5, 5.41) is 0. The van der Waals surface area contributed by atoms with E-state index in [9.17, 15) is 4.79 Å². The van der Waals surface area contributed by atoms with Crippen LogP contribution in [-0.2, 0) is 16.1 Å². The zero-order chi connectivity index (χ0) is 14.7. The van der Waals surface area contributed by atoms with E-state index >= 15 is 0 Å². The monoisotopic (exact) mass is 283 g/mol. The third kappa shape index (κ3) is 3.11. The van der Waals surface area contributed by atoms with Crippen LogP contribution in [-0.4, -0.2) is 29.5 Å². The first-order valence-corrected chi connectivity index (χ1v) is 7.69. The molecular weight excluding hydrogens is 262 g/mol. The average Bonchev–Trinajstić information content (AvgIpc) is 3.12. The fourth-order valence-corrected chi connectivity index (χ4v) is 3.40. The number of hydrogen-bond donors (Lipinski definition) is 0. The molecule has 1 aliphatic heterocycles. The summed E-state index contributed by atoms with van der Waals surface area (Å²) in [4.78, 5) is 14.1. The molecular formula is C18H21NO2. The number of carbonyl (C=O) groups excluding carboxylic acids is 1. The fraction of sp³-hybridized carbons (Fsp3) is 0.500. The summed E-state index contributed by atoms with van der Waals surface area (Å²) in [6.45, 7) is 1.31. The Morgan fingerprint density at radius 2 is 2.10 bits per heavy atom. The van der Waals surface area contributed by atoms with Crippen molar-refractivity contribution in [2.45, 2.75) is 44.4 Å². The largest absolute Gasteiger partial charge is 0.371 e. The normalized spacial score (nSPS) is 28.8. The lowest BCUT2D eigenvalue weighted by atomic mass is 10.1. The SMILES string of the molecule is C#CC1CC(=O)N(C2CCCC2OCc2ccccc2)C1. The predicted molar refractivity (Wildman–Crippen MR) is 81.3 cm³/mol. The summed E-state index contributed by atoms with van der Waals surface area (Å²) < 4.78 is 6.09. The fourth-order valence-electron chi connectivity index (χ4n) is 3.40. The van der Waals surface area contributed by atoms with E-state index in [0.29, 0.717) is 19.6 Å². The van der Waals surface area contributed by atoms with Gasteiger partial charge < -0.3 is 9.64 Å². The zero-order valence-corrected chi connectivity index (χ0v) is 12.2. The Kier molecular flexibility index (Phi) is 4.26. The molecule has 110 valence electrons. The summed E-state index contributed by atoms with van der Waals surface area (Å²) in [5.74, 6) is 2.99. The first-order valence-electron chi connectivity index (χ1n) is 7.69. The first-order chi connectivity index (χ1) is 10.3. The lowest BCUT2D eigenvalue weighted by Gasteiger charge is -2.29. The minimum atomic E-state index is 0.0767. The molecule has 1 saturated carbocycles. The third-order valence-corrected chi connectivity index (χ3v) is 4.52. The number of benzene rings is 1. The molecule has 0 spiro atoms. The van der Waals surface area contributed by atoms with Crippen LogP contribution in [0.4, 0.5) is 0 Å². The standard InChI is InChI=1S/C18H21NO2/c1-2-14-11-18(20)19(12-14)16-9-6-10-17(16)21-13-15-7-4-3-5-8-15/h1,3-5,7-8,14,16-17H,6,9-13H2. The molecule has 3 atom stereocenters. The minimum absolute atomic E-state index is 0.0767. The van der Waals surface area contributed by atoms with Gasteiger partial charge in [-0.1, -0.05) is 30.3 Å². The van der Waals surface area contributed by atoms with Crippen LogP contribution in [0, 0.1) is 18.3 Å². The Bertz CT molecular complexity index is 534. The number of rotatable bonds is 4. The number of terminal acetylenes is 1. The Hall–Kier alpha value is -1.79. The van der Waals surface area contributed by atoms with Gasteiger partial charge in [0.05, 0.1) is 18.8 Å². The number of hydrogen-bond acceptors (Lipinski definition) is 2. The van der Waals surface area contributed by atoms with Crippen LogP contribution in [0.25, 0.3) is 0 Å². The van der Waals surface area contributed by atoms with Gasteiger partial charge in [-0.2, -0.15) is 0 Å². The molecule has 1 heterocycles. The molecule has 3 unspecified atom stereocenters. The van der Waals surface area contributed by atoms with Gasteiger partial charge in [0, 0.05) is 18.9 Å². The molecule has 0 N–H and O–H groups in total. The lowest BCUT2D eigenvalue weighted by Crippen LogP contribution is -2.42. The van der Waals surface area contributed by atoms with Gasteiger partial charge in [0.25, 0.3) is 0 Å². The van der Waals surface area contributed by atoms with E-state index in [2.05, 4.69) is 18.1 Å². The Morgan fingerprint density at radius 3 is 2.81 bits per heavy atom. The molecule has 2 aliphatic rings. The summed E-state index contributed by atoms with van der Waals surface area (Å²) in [6.07, 6.45) is 9.29. The summed E-state index contributed by atoms with van der Waals surface area (Å²) >= 11 is 0. The molecule has 2 fully saturated rings. The Labute approximate surface area is 126 Å². The van der Waals surface area contributed by atoms with Crippen molar-refractivity contribution in [1.82, 2.24) is 4.90 Å². The summed E-state index contributed by atoms with van der Waals surface area (Å²) in [7, 11) is 0. The Morgan fingerprint density at radius 1 is 1.29 bits per heavy atom. The van der Waals surface area contributed by atoms with Gasteiger partial charge >= 0.3 is 0 Å². The van der Waals surface area contributed by atoms with Crippen LogP contribution in [0.2, 0.25) is 0 Å². The molecule has 3 heteroatoms. The van der Waals surface area contributed by atoms with E-state index in [4.69, 9.17) is 11.2 Å². The zero-order valence-electron chi connectivity index (χ0n) is 12.2. The molecule has 1 aromatic rings. The van der Waals surface area contributed by atoms with Crippen LogP contribution < -0.4 is 0 Å². The summed E-state index contributed by atoms with van der Waals surface area (Å²) in [5.41, 5.74) is 1.18. The molecule has 1 amide bonds. The molecule has 1 aromatic carbocycles. The van der Waals surface area contributed by atoms with Crippen molar-refractivity contribution in [3.8, 4) is 12.3 Å². The van der Waals surface area contributed by atoms with Crippen molar-refractivity contribution in [2.75, 3.05) is 6.54 Å². The van der Waals surface area contributed by atoms with Crippen molar-refractivity contribution < 1.29 is 9.53 Å². The van der Waals surface area contributed by atoms with Crippen LogP contribution in [0.1, 0.15) is 31.2 Å². The second-order valence-electron chi connectivity index (χ2n) is 5.95. The van der Waals surface area contributed by atoms with Gasteiger partial charge in [-0.05, 0) is 24.8 Å². The highest BCUT2D eigenvalue weighted by Gasteiger charge is 2.40. The maximum atomic E-state index is 12.1. The van der Waals surface area contributed by atoms with E-state index in [1.54, 1.807) is 0 Å². The molecule has 0 bridgehead atoms. The quantitative estimate of drug-likeness (QED) is 0.795. The highest BCUT2D eigenvalue weighted by Crippen LogP contribution is 2.31. The highest BCUT2D eigenvalue weighted by molar-refractivity contribution is 5.79. The molecule has 0 aromatic heterocycles. The number of nitrogens with zero attached hydrogens (tertiary/aromatic N) is 1. The van der Waals surface area contributed by atoms with Crippen molar-refractivity contribution in [2.24, 2.45) is 5.92 Å². The van der Waals surface area contributed by atoms with Gasteiger partial charge in [-0.15, -0.1) is 12.3 Å². The lowest BCUT2D eigenvalue weighted by molar-refractivity contribution is -0.132. The second-order valence-corrected chi connectivity index (χ2v) is 5.95. The molecule has 21 heavy (non-hydrogen) atoms. The van der Waals surface area contributed by atoms with E-state index < -0.39 is 0 Å². The molecule has 0 radical (unpaired) electrons.